The molecule has 134 valence electrons. The third kappa shape index (κ3) is 3.92. The highest BCUT2D eigenvalue weighted by Crippen LogP contribution is 2.25. The van der Waals surface area contributed by atoms with E-state index >= 15 is 0 Å². The van der Waals surface area contributed by atoms with Crippen molar-refractivity contribution in [2.24, 2.45) is 0 Å². The summed E-state index contributed by atoms with van der Waals surface area (Å²) in [5.74, 6) is 0.922. The normalized spacial score (nSPS) is 10.7. The molecule has 1 heterocycles. The second-order valence-corrected chi connectivity index (χ2v) is 5.62. The number of methoxy groups -OCH3 is 1. The molecule has 0 aliphatic rings. The number of fused-ring (bicyclic) bond motifs is 1. The van der Waals surface area contributed by atoms with Gasteiger partial charge < -0.3 is 19.2 Å². The van der Waals surface area contributed by atoms with Gasteiger partial charge in [0.1, 0.15) is 23.7 Å². The lowest BCUT2D eigenvalue weighted by molar-refractivity contribution is -0.119. The van der Waals surface area contributed by atoms with Crippen molar-refractivity contribution in [3.05, 3.63) is 58.8 Å². The molecule has 0 radical (unpaired) electrons. The number of anilines is 1. The van der Waals surface area contributed by atoms with Gasteiger partial charge in [0.05, 0.1) is 12.0 Å². The van der Waals surface area contributed by atoms with Crippen molar-refractivity contribution in [3.63, 3.8) is 0 Å². The highest BCUT2D eigenvalue weighted by molar-refractivity contribution is 5.94. The van der Waals surface area contributed by atoms with E-state index in [1.165, 1.54) is 13.2 Å². The maximum Gasteiger partial charge on any atom is 0.250 e. The Bertz CT molecular complexity index is 976. The van der Waals surface area contributed by atoms with Crippen molar-refractivity contribution >= 4 is 22.6 Å². The molecule has 1 amide bonds. The van der Waals surface area contributed by atoms with Crippen LogP contribution in [-0.4, -0.2) is 26.2 Å². The molecule has 0 spiro atoms. The van der Waals surface area contributed by atoms with Gasteiger partial charge in [0.25, 0.3) is 0 Å². The summed E-state index contributed by atoms with van der Waals surface area (Å²) in [6.07, 6.45) is 0. The number of carbonyl (C=O) groups is 1. The van der Waals surface area contributed by atoms with Crippen LogP contribution in [0.2, 0.25) is 0 Å². The molecule has 0 unspecified atom stereocenters. The first kappa shape index (κ1) is 17.7. The molecular formula is C20H19NO5. The minimum absolute atomic E-state index is 0.0474. The Kier molecular flexibility index (Phi) is 5.34. The zero-order valence-electron chi connectivity index (χ0n) is 14.6. The van der Waals surface area contributed by atoms with Gasteiger partial charge >= 0.3 is 0 Å². The predicted molar refractivity (Wildman–Crippen MR) is 99.6 cm³/mol. The van der Waals surface area contributed by atoms with E-state index in [2.05, 4.69) is 5.32 Å². The fraction of sp³-hybridized carbons (Fsp3) is 0.200. The van der Waals surface area contributed by atoms with Gasteiger partial charge in [-0.3, -0.25) is 9.59 Å². The Balaban J connectivity index is 1.96. The average molecular weight is 353 g/mol. The van der Waals surface area contributed by atoms with E-state index < -0.39 is 0 Å². The van der Waals surface area contributed by atoms with Crippen molar-refractivity contribution < 1.29 is 18.7 Å². The lowest BCUT2D eigenvalue weighted by Crippen LogP contribution is -2.17. The van der Waals surface area contributed by atoms with Gasteiger partial charge in [0.15, 0.2) is 5.43 Å². The first-order valence-corrected chi connectivity index (χ1v) is 8.20. The van der Waals surface area contributed by atoms with Crippen LogP contribution in [0.5, 0.6) is 5.75 Å². The zero-order valence-corrected chi connectivity index (χ0v) is 14.6. The van der Waals surface area contributed by atoms with Crippen molar-refractivity contribution in [3.8, 4) is 17.1 Å². The second kappa shape index (κ2) is 7.84. The smallest absolute Gasteiger partial charge is 0.250 e. The first-order chi connectivity index (χ1) is 12.6. The van der Waals surface area contributed by atoms with Gasteiger partial charge in [0.2, 0.25) is 5.91 Å². The molecule has 3 aromatic rings. The molecule has 3 rings (SSSR count). The van der Waals surface area contributed by atoms with Crippen molar-refractivity contribution in [2.45, 2.75) is 6.92 Å². The third-order valence-corrected chi connectivity index (χ3v) is 3.74. The van der Waals surface area contributed by atoms with Crippen LogP contribution in [0.1, 0.15) is 6.92 Å². The van der Waals surface area contributed by atoms with E-state index in [4.69, 9.17) is 13.9 Å². The largest absolute Gasteiger partial charge is 0.494 e. The van der Waals surface area contributed by atoms with Gasteiger partial charge in [-0.2, -0.15) is 0 Å². The predicted octanol–water partition coefficient (Wildman–Crippen LogP) is 3.44. The molecule has 0 saturated heterocycles. The maximum atomic E-state index is 12.4. The summed E-state index contributed by atoms with van der Waals surface area (Å²) in [6, 6.07) is 13.7. The fourth-order valence-corrected chi connectivity index (χ4v) is 2.59. The quantitative estimate of drug-likeness (QED) is 0.734. The summed E-state index contributed by atoms with van der Waals surface area (Å²) in [6.45, 7) is 2.45. The maximum absolute atomic E-state index is 12.4. The highest BCUT2D eigenvalue weighted by atomic mass is 16.5. The van der Waals surface area contributed by atoms with Crippen LogP contribution < -0.4 is 15.5 Å². The van der Waals surface area contributed by atoms with Crippen LogP contribution in [0.25, 0.3) is 22.3 Å². The number of benzene rings is 2. The van der Waals surface area contributed by atoms with E-state index in [0.29, 0.717) is 29.0 Å². The molecule has 6 heteroatoms. The van der Waals surface area contributed by atoms with E-state index in [9.17, 15) is 9.59 Å². The summed E-state index contributed by atoms with van der Waals surface area (Å²) in [7, 11) is 1.45. The van der Waals surface area contributed by atoms with Gasteiger partial charge in [0, 0.05) is 30.5 Å². The minimum atomic E-state index is -0.281. The molecule has 0 bridgehead atoms. The fourth-order valence-electron chi connectivity index (χ4n) is 2.59. The molecule has 6 nitrogen and oxygen atoms in total. The number of hydrogen-bond donors (Lipinski definition) is 1. The topological polar surface area (TPSA) is 77.8 Å². The van der Waals surface area contributed by atoms with Crippen LogP contribution in [0.3, 0.4) is 0 Å². The SMILES string of the molecule is CCOc1ccc(-c2cc(=O)c3ccc(NC(=O)COC)cc3o2)cc1. The number of amides is 1. The average Bonchev–Trinajstić information content (AvgIpc) is 2.62. The van der Waals surface area contributed by atoms with Crippen molar-refractivity contribution in [1.29, 1.82) is 0 Å². The van der Waals surface area contributed by atoms with Crippen molar-refractivity contribution in [1.82, 2.24) is 0 Å². The standard InChI is InChI=1S/C20H19NO5/c1-3-25-15-7-4-13(5-8-15)18-11-17(22)16-9-6-14(10-19(16)26-18)21-20(23)12-24-2/h4-11H,3,12H2,1-2H3,(H,21,23). The number of hydrogen-bond acceptors (Lipinski definition) is 5. The number of carbonyl (C=O) groups excluding carboxylic acids is 1. The first-order valence-electron chi connectivity index (χ1n) is 8.20. The summed E-state index contributed by atoms with van der Waals surface area (Å²) in [4.78, 5) is 24.0. The summed E-state index contributed by atoms with van der Waals surface area (Å²) in [5, 5.41) is 3.14. The monoisotopic (exact) mass is 353 g/mol. The van der Waals surface area contributed by atoms with E-state index in [0.717, 1.165) is 11.3 Å². The van der Waals surface area contributed by atoms with E-state index in [1.54, 1.807) is 18.2 Å². The number of rotatable bonds is 6. The Hall–Kier alpha value is -3.12. The Morgan fingerprint density at radius 3 is 2.58 bits per heavy atom. The van der Waals surface area contributed by atoms with Crippen LogP contribution in [-0.2, 0) is 9.53 Å². The molecule has 0 aliphatic heterocycles. The van der Waals surface area contributed by atoms with Crippen LogP contribution in [0, 0.1) is 0 Å². The summed E-state index contributed by atoms with van der Waals surface area (Å²) >= 11 is 0. The lowest BCUT2D eigenvalue weighted by atomic mass is 10.1. The number of ether oxygens (including phenoxy) is 2. The highest BCUT2D eigenvalue weighted by Gasteiger charge is 2.09. The van der Waals surface area contributed by atoms with Gasteiger partial charge in [-0.25, -0.2) is 0 Å². The second-order valence-electron chi connectivity index (χ2n) is 5.62. The Labute approximate surface area is 150 Å². The third-order valence-electron chi connectivity index (χ3n) is 3.74. The molecule has 1 aromatic heterocycles. The lowest BCUT2D eigenvalue weighted by Gasteiger charge is -2.08. The molecule has 0 saturated carbocycles. The van der Waals surface area contributed by atoms with Crippen LogP contribution >= 0.6 is 0 Å². The summed E-state index contributed by atoms with van der Waals surface area (Å²) < 4.78 is 16.1. The Morgan fingerprint density at radius 2 is 1.88 bits per heavy atom. The molecule has 1 N–H and O–H groups in total. The molecule has 0 aliphatic carbocycles. The van der Waals surface area contributed by atoms with Crippen LogP contribution in [0.15, 0.2) is 57.7 Å². The van der Waals surface area contributed by atoms with Crippen molar-refractivity contribution in [2.75, 3.05) is 25.6 Å². The molecule has 2 aromatic carbocycles. The number of nitrogens with one attached hydrogen (secondary N) is 1. The van der Waals surface area contributed by atoms with Gasteiger partial charge in [-0.1, -0.05) is 0 Å². The minimum Gasteiger partial charge on any atom is -0.494 e. The van der Waals surface area contributed by atoms with Gasteiger partial charge in [-0.15, -0.1) is 0 Å². The van der Waals surface area contributed by atoms with E-state index in [1.807, 2.05) is 31.2 Å². The van der Waals surface area contributed by atoms with E-state index in [-0.39, 0.29) is 17.9 Å². The van der Waals surface area contributed by atoms with Crippen LogP contribution in [0.4, 0.5) is 5.69 Å². The summed E-state index contributed by atoms with van der Waals surface area (Å²) in [5.41, 5.74) is 1.55. The molecule has 0 atom stereocenters. The molecular weight excluding hydrogens is 334 g/mol. The molecule has 26 heavy (non-hydrogen) atoms. The Morgan fingerprint density at radius 1 is 1.12 bits per heavy atom. The van der Waals surface area contributed by atoms with Gasteiger partial charge in [-0.05, 0) is 43.3 Å². The molecule has 0 fully saturated rings. The zero-order chi connectivity index (χ0) is 18.5.